The highest BCUT2D eigenvalue weighted by atomic mass is 19.1. The molecule has 2 N–H and O–H groups in total. The Morgan fingerprint density at radius 1 is 1.22 bits per heavy atom. The van der Waals surface area contributed by atoms with E-state index in [1.165, 1.54) is 16.7 Å². The second-order valence-corrected chi connectivity index (χ2v) is 8.61. The molecule has 2 aliphatic rings. The minimum atomic E-state index is -0.636. The lowest BCUT2D eigenvalue weighted by atomic mass is 9.78. The highest BCUT2D eigenvalue weighted by molar-refractivity contribution is 5.94. The summed E-state index contributed by atoms with van der Waals surface area (Å²) in [6, 6.07) is 4.24. The van der Waals surface area contributed by atoms with Crippen molar-refractivity contribution in [1.29, 1.82) is 0 Å². The van der Waals surface area contributed by atoms with E-state index in [2.05, 4.69) is 15.3 Å². The first-order chi connectivity index (χ1) is 15.5. The third kappa shape index (κ3) is 3.37. The van der Waals surface area contributed by atoms with Gasteiger partial charge in [0, 0.05) is 30.9 Å². The molecule has 1 fully saturated rings. The Balaban J connectivity index is 1.45. The number of aromatic hydroxyl groups is 1. The van der Waals surface area contributed by atoms with Crippen LogP contribution >= 0.6 is 0 Å². The Labute approximate surface area is 183 Å². The number of carbonyl (C=O) groups is 1. The number of aromatic nitrogens is 4. The summed E-state index contributed by atoms with van der Waals surface area (Å²) < 4.78 is 17.0. The van der Waals surface area contributed by atoms with Crippen LogP contribution in [0.2, 0.25) is 0 Å². The maximum Gasteiger partial charge on any atom is 0.296 e. The summed E-state index contributed by atoms with van der Waals surface area (Å²) in [5.74, 6) is -1.05. The molecule has 32 heavy (non-hydrogen) atoms. The summed E-state index contributed by atoms with van der Waals surface area (Å²) in [5, 5.41) is 13.2. The number of hydrogen-bond donors (Lipinski definition) is 2. The van der Waals surface area contributed by atoms with Crippen LogP contribution < -0.4 is 10.9 Å². The third-order valence-corrected chi connectivity index (χ3v) is 6.70. The number of imidazole rings is 1. The molecule has 1 aromatic carbocycles. The molecular weight excluding hydrogens is 413 g/mol. The molecule has 1 amide bonds. The Bertz CT molecular complexity index is 1230. The zero-order valence-corrected chi connectivity index (χ0v) is 17.6. The van der Waals surface area contributed by atoms with Gasteiger partial charge in [-0.1, -0.05) is 18.9 Å². The van der Waals surface area contributed by atoms with Crippen molar-refractivity contribution in [2.24, 2.45) is 0 Å². The van der Waals surface area contributed by atoms with Crippen LogP contribution in [0, 0.1) is 5.82 Å². The predicted molar refractivity (Wildman–Crippen MR) is 114 cm³/mol. The zero-order chi connectivity index (χ0) is 22.3. The topological polar surface area (TPSA) is 102 Å². The lowest BCUT2D eigenvalue weighted by Crippen LogP contribution is -2.41. The van der Waals surface area contributed by atoms with Gasteiger partial charge < -0.3 is 15.0 Å². The smallest absolute Gasteiger partial charge is 0.296 e. The predicted octanol–water partition coefficient (Wildman–Crippen LogP) is 2.81. The number of nitrogens with one attached hydrogen (secondary N) is 1. The van der Waals surface area contributed by atoms with Crippen molar-refractivity contribution in [2.45, 2.75) is 57.0 Å². The van der Waals surface area contributed by atoms with Crippen LogP contribution in [0.5, 0.6) is 5.75 Å². The van der Waals surface area contributed by atoms with Crippen molar-refractivity contribution < 1.29 is 14.3 Å². The minimum absolute atomic E-state index is 0.0668. The summed E-state index contributed by atoms with van der Waals surface area (Å²) in [6.07, 6.45) is 10.6. The lowest BCUT2D eigenvalue weighted by molar-refractivity contribution is 0.0940. The van der Waals surface area contributed by atoms with Crippen molar-refractivity contribution in [2.75, 3.05) is 0 Å². The molecule has 0 unspecified atom stereocenters. The van der Waals surface area contributed by atoms with E-state index in [1.54, 1.807) is 29.4 Å². The van der Waals surface area contributed by atoms with E-state index in [4.69, 9.17) is 0 Å². The van der Waals surface area contributed by atoms with Gasteiger partial charge in [0.1, 0.15) is 11.6 Å². The normalized spacial score (nSPS) is 16.8. The number of nitrogens with zero attached hydrogens (tertiary/aromatic N) is 4. The number of benzene rings is 1. The van der Waals surface area contributed by atoms with E-state index >= 15 is 0 Å². The number of fused-ring (bicyclic) bond motifs is 2. The second-order valence-electron chi connectivity index (χ2n) is 8.61. The fourth-order valence-electron chi connectivity index (χ4n) is 5.12. The molecule has 1 spiro atoms. The highest BCUT2D eigenvalue weighted by Gasteiger charge is 2.42. The zero-order valence-electron chi connectivity index (χ0n) is 17.6. The number of halogens is 1. The fraction of sp³-hybridized carbons (Fsp3) is 0.391. The van der Waals surface area contributed by atoms with Gasteiger partial charge >= 0.3 is 0 Å². The van der Waals surface area contributed by atoms with Crippen LogP contribution in [0.4, 0.5) is 4.39 Å². The number of amides is 1. The number of carbonyl (C=O) groups excluding carboxylic acids is 1. The summed E-state index contributed by atoms with van der Waals surface area (Å²) >= 11 is 0. The van der Waals surface area contributed by atoms with E-state index < -0.39 is 23.0 Å². The fourth-order valence-corrected chi connectivity index (χ4v) is 5.12. The first-order valence-corrected chi connectivity index (χ1v) is 10.9. The van der Waals surface area contributed by atoms with Crippen molar-refractivity contribution in [3.63, 3.8) is 0 Å². The SMILES string of the molecule is O=C(NCc1ccc(F)cc1-n1ccnc1)c1nc2n(c(=O)c1O)CCCC21CCCC1. The molecule has 3 aromatic rings. The van der Waals surface area contributed by atoms with Gasteiger partial charge in [-0.2, -0.15) is 0 Å². The van der Waals surface area contributed by atoms with Gasteiger partial charge in [0.15, 0.2) is 5.69 Å². The van der Waals surface area contributed by atoms with E-state index in [1.807, 2.05) is 0 Å². The van der Waals surface area contributed by atoms with Crippen LogP contribution in [-0.4, -0.2) is 30.1 Å². The first kappa shape index (κ1) is 20.4. The maximum absolute atomic E-state index is 13.8. The summed E-state index contributed by atoms with van der Waals surface area (Å²) in [5.41, 5.74) is 0.188. The van der Waals surface area contributed by atoms with Crippen molar-refractivity contribution >= 4 is 5.91 Å². The standard InChI is InChI=1S/C23H24FN5O3/c24-16-5-4-15(17(12-16)28-11-9-25-14-28)13-26-20(31)18-19(30)21(32)29-10-3-8-23(22(29)27-18)6-1-2-7-23/h4-5,9,11-12,14,30H,1-3,6-8,10,13H2,(H,26,31). The summed E-state index contributed by atoms with van der Waals surface area (Å²) in [7, 11) is 0. The average molecular weight is 437 g/mol. The van der Waals surface area contributed by atoms with Gasteiger partial charge in [-0.15, -0.1) is 0 Å². The van der Waals surface area contributed by atoms with E-state index in [0.29, 0.717) is 23.6 Å². The Morgan fingerprint density at radius 2 is 2.00 bits per heavy atom. The maximum atomic E-state index is 13.8. The quantitative estimate of drug-likeness (QED) is 0.654. The molecule has 0 atom stereocenters. The Hall–Kier alpha value is -3.49. The molecule has 2 aromatic heterocycles. The highest BCUT2D eigenvalue weighted by Crippen LogP contribution is 2.45. The largest absolute Gasteiger partial charge is 0.501 e. The second kappa shape index (κ2) is 7.89. The van der Waals surface area contributed by atoms with Crippen LogP contribution in [0.1, 0.15) is 60.4 Å². The molecule has 3 heterocycles. The van der Waals surface area contributed by atoms with E-state index in [0.717, 1.165) is 38.5 Å². The molecular formula is C23H24FN5O3. The Morgan fingerprint density at radius 3 is 2.75 bits per heavy atom. The molecule has 0 radical (unpaired) electrons. The molecule has 0 saturated heterocycles. The summed E-state index contributed by atoms with van der Waals surface area (Å²) in [6.45, 7) is 0.569. The molecule has 8 nitrogen and oxygen atoms in total. The molecule has 1 aliphatic carbocycles. The lowest BCUT2D eigenvalue weighted by Gasteiger charge is -2.35. The molecule has 5 rings (SSSR count). The number of hydrogen-bond acceptors (Lipinski definition) is 5. The van der Waals surface area contributed by atoms with Crippen LogP contribution in [-0.2, 0) is 18.5 Å². The molecule has 9 heteroatoms. The third-order valence-electron chi connectivity index (χ3n) is 6.70. The van der Waals surface area contributed by atoms with Gasteiger partial charge in [0.25, 0.3) is 11.5 Å². The van der Waals surface area contributed by atoms with Crippen molar-refractivity contribution in [3.05, 3.63) is 70.2 Å². The summed E-state index contributed by atoms with van der Waals surface area (Å²) in [4.78, 5) is 34.3. The average Bonchev–Trinajstić information content (AvgIpc) is 3.49. The van der Waals surface area contributed by atoms with Gasteiger partial charge in [0.05, 0.1) is 12.0 Å². The first-order valence-electron chi connectivity index (χ1n) is 10.9. The Kier molecular flexibility index (Phi) is 5.03. The van der Waals surface area contributed by atoms with Crippen LogP contribution in [0.3, 0.4) is 0 Å². The molecule has 1 aliphatic heterocycles. The molecule has 0 bridgehead atoms. The van der Waals surface area contributed by atoms with Crippen molar-refractivity contribution in [1.82, 2.24) is 24.4 Å². The van der Waals surface area contributed by atoms with E-state index in [-0.39, 0.29) is 17.7 Å². The number of rotatable bonds is 4. The monoisotopic (exact) mass is 437 g/mol. The van der Waals surface area contributed by atoms with E-state index in [9.17, 15) is 19.1 Å². The van der Waals surface area contributed by atoms with Crippen molar-refractivity contribution in [3.8, 4) is 11.4 Å². The minimum Gasteiger partial charge on any atom is -0.501 e. The van der Waals surface area contributed by atoms with Crippen LogP contribution in [0.15, 0.2) is 41.7 Å². The van der Waals surface area contributed by atoms with Crippen LogP contribution in [0.25, 0.3) is 5.69 Å². The molecule has 1 saturated carbocycles. The van der Waals surface area contributed by atoms with Gasteiger partial charge in [-0.05, 0) is 43.4 Å². The van der Waals surface area contributed by atoms with Gasteiger partial charge in [0.2, 0.25) is 5.75 Å². The van der Waals surface area contributed by atoms with Gasteiger partial charge in [-0.3, -0.25) is 14.2 Å². The molecule has 166 valence electrons. The van der Waals surface area contributed by atoms with Gasteiger partial charge in [-0.25, -0.2) is 14.4 Å².